The third-order valence-electron chi connectivity index (χ3n) is 4.59. The van der Waals surface area contributed by atoms with Gasteiger partial charge in [-0.3, -0.25) is 4.79 Å². The average molecular weight is 342 g/mol. The lowest BCUT2D eigenvalue weighted by atomic mass is 10.0. The maximum atomic E-state index is 13.0. The van der Waals surface area contributed by atoms with Crippen LogP contribution in [-0.2, 0) is 11.3 Å². The van der Waals surface area contributed by atoms with Gasteiger partial charge in [0.2, 0.25) is 0 Å². The minimum Gasteiger partial charge on any atom is -0.378 e. The molecule has 0 aliphatic carbocycles. The molecule has 0 spiro atoms. The van der Waals surface area contributed by atoms with Gasteiger partial charge in [-0.1, -0.05) is 26.0 Å². The van der Waals surface area contributed by atoms with Crippen LogP contribution in [0.3, 0.4) is 0 Å². The maximum absolute atomic E-state index is 13.0. The Balaban J connectivity index is 1.75. The first-order valence-corrected chi connectivity index (χ1v) is 8.83. The molecule has 1 aliphatic rings. The predicted molar refractivity (Wildman–Crippen MR) is 97.8 cm³/mol. The Labute approximate surface area is 148 Å². The molecule has 134 valence electrons. The van der Waals surface area contributed by atoms with Crippen molar-refractivity contribution in [1.29, 1.82) is 0 Å². The molecule has 2 heterocycles. The van der Waals surface area contributed by atoms with Crippen LogP contribution in [0.25, 0.3) is 0 Å². The topological polar surface area (TPSA) is 59.4 Å². The number of hydrogen-bond donors (Lipinski definition) is 1. The zero-order valence-electron chi connectivity index (χ0n) is 14.9. The van der Waals surface area contributed by atoms with E-state index in [1.807, 2.05) is 35.0 Å². The highest BCUT2D eigenvalue weighted by atomic mass is 16.5. The van der Waals surface area contributed by atoms with Crippen molar-refractivity contribution in [2.45, 2.75) is 26.4 Å². The fraction of sp³-hybridized carbons (Fsp3) is 0.474. The van der Waals surface area contributed by atoms with Crippen molar-refractivity contribution in [2.24, 2.45) is 5.92 Å². The molecule has 1 aromatic carbocycles. The lowest BCUT2D eigenvalue weighted by molar-refractivity contribution is 0.0919. The number of carbonyl (C=O) groups is 1. The summed E-state index contributed by atoms with van der Waals surface area (Å²) < 4.78 is 7.42. The quantitative estimate of drug-likeness (QED) is 0.874. The average Bonchev–Trinajstić information content (AvgIpc) is 3.15. The summed E-state index contributed by atoms with van der Waals surface area (Å²) in [6.07, 6.45) is 5.46. The van der Waals surface area contributed by atoms with Crippen LogP contribution in [0.5, 0.6) is 0 Å². The first-order valence-electron chi connectivity index (χ1n) is 8.83. The zero-order chi connectivity index (χ0) is 17.6. The Kier molecular flexibility index (Phi) is 5.71. The van der Waals surface area contributed by atoms with Gasteiger partial charge in [0, 0.05) is 43.8 Å². The molecule has 3 rings (SSSR count). The number of morpholine rings is 1. The van der Waals surface area contributed by atoms with Gasteiger partial charge < -0.3 is 19.5 Å². The molecule has 1 aliphatic heterocycles. The van der Waals surface area contributed by atoms with Crippen molar-refractivity contribution < 1.29 is 9.53 Å². The number of rotatable bonds is 6. The van der Waals surface area contributed by atoms with E-state index in [-0.39, 0.29) is 11.9 Å². The molecule has 6 heteroatoms. The van der Waals surface area contributed by atoms with Gasteiger partial charge in [-0.05, 0) is 18.1 Å². The Morgan fingerprint density at radius 1 is 1.28 bits per heavy atom. The highest BCUT2D eigenvalue weighted by Gasteiger charge is 2.22. The smallest absolute Gasteiger partial charge is 0.253 e. The second-order valence-corrected chi connectivity index (χ2v) is 6.70. The highest BCUT2D eigenvalue weighted by Crippen LogP contribution is 2.22. The minimum atomic E-state index is -0.0269. The second-order valence-electron chi connectivity index (χ2n) is 6.70. The second kappa shape index (κ2) is 8.16. The van der Waals surface area contributed by atoms with Crippen LogP contribution in [-0.4, -0.2) is 47.8 Å². The van der Waals surface area contributed by atoms with Crippen molar-refractivity contribution in [1.82, 2.24) is 14.9 Å². The molecule has 2 aromatic rings. The number of benzene rings is 1. The lowest BCUT2D eigenvalue weighted by Crippen LogP contribution is -2.43. The van der Waals surface area contributed by atoms with Crippen LogP contribution in [0.1, 0.15) is 24.2 Å². The summed E-state index contributed by atoms with van der Waals surface area (Å²) in [4.78, 5) is 19.3. The molecule has 1 N–H and O–H groups in total. The molecule has 0 bridgehead atoms. The Morgan fingerprint density at radius 2 is 2.04 bits per heavy atom. The standard InChI is InChI=1S/C19H26N4O2/c1-15(2)17(13-22-8-7-20-14-22)21-19(24)16-5-3-4-6-18(16)23-9-11-25-12-10-23/h3-8,14-15,17H,9-13H2,1-2H3,(H,21,24)/t17-/m1/s1. The van der Waals surface area contributed by atoms with Gasteiger partial charge in [-0.25, -0.2) is 4.98 Å². The number of para-hydroxylation sites is 1. The summed E-state index contributed by atoms with van der Waals surface area (Å²) in [5.41, 5.74) is 1.70. The van der Waals surface area contributed by atoms with Crippen molar-refractivity contribution in [3.63, 3.8) is 0 Å². The van der Waals surface area contributed by atoms with Gasteiger partial charge in [0.25, 0.3) is 5.91 Å². The third-order valence-corrected chi connectivity index (χ3v) is 4.59. The van der Waals surface area contributed by atoms with Crippen LogP contribution in [0.4, 0.5) is 5.69 Å². The molecule has 25 heavy (non-hydrogen) atoms. The number of hydrogen-bond acceptors (Lipinski definition) is 4. The van der Waals surface area contributed by atoms with E-state index >= 15 is 0 Å². The first-order chi connectivity index (χ1) is 12.1. The van der Waals surface area contributed by atoms with Crippen molar-refractivity contribution >= 4 is 11.6 Å². The van der Waals surface area contributed by atoms with Crippen molar-refractivity contribution in [2.75, 3.05) is 31.2 Å². The molecule has 1 atom stereocenters. The van der Waals surface area contributed by atoms with E-state index < -0.39 is 0 Å². The van der Waals surface area contributed by atoms with E-state index in [1.165, 1.54) is 0 Å². The summed E-state index contributed by atoms with van der Waals surface area (Å²) in [6.45, 7) is 7.98. The highest BCUT2D eigenvalue weighted by molar-refractivity contribution is 6.00. The third kappa shape index (κ3) is 4.39. The number of aromatic nitrogens is 2. The van der Waals surface area contributed by atoms with Gasteiger partial charge in [0.1, 0.15) is 0 Å². The fourth-order valence-electron chi connectivity index (χ4n) is 3.04. The number of carbonyl (C=O) groups excluding carboxylic acids is 1. The lowest BCUT2D eigenvalue weighted by Gasteiger charge is -2.31. The largest absolute Gasteiger partial charge is 0.378 e. The molecule has 0 radical (unpaired) electrons. The van der Waals surface area contributed by atoms with Crippen LogP contribution < -0.4 is 10.2 Å². The van der Waals surface area contributed by atoms with E-state index in [0.29, 0.717) is 25.7 Å². The molecular weight excluding hydrogens is 316 g/mol. The summed E-state index contributed by atoms with van der Waals surface area (Å²) in [6, 6.07) is 7.85. The SMILES string of the molecule is CC(C)[C@@H](Cn1ccnc1)NC(=O)c1ccccc1N1CCOCC1. The Bertz CT molecular complexity index is 678. The molecule has 1 aromatic heterocycles. The molecule has 6 nitrogen and oxygen atoms in total. The number of nitrogens with one attached hydrogen (secondary N) is 1. The summed E-state index contributed by atoms with van der Waals surface area (Å²) in [5, 5.41) is 3.21. The van der Waals surface area contributed by atoms with Crippen LogP contribution in [0.15, 0.2) is 43.0 Å². The number of amides is 1. The summed E-state index contributed by atoms with van der Waals surface area (Å²) in [5.74, 6) is 0.294. The zero-order valence-corrected chi connectivity index (χ0v) is 14.9. The summed E-state index contributed by atoms with van der Waals surface area (Å²) >= 11 is 0. The van der Waals surface area contributed by atoms with Crippen LogP contribution in [0, 0.1) is 5.92 Å². The molecule has 1 saturated heterocycles. The Morgan fingerprint density at radius 3 is 2.72 bits per heavy atom. The van der Waals surface area contributed by atoms with Crippen molar-refractivity contribution in [3.8, 4) is 0 Å². The first kappa shape index (κ1) is 17.5. The van der Waals surface area contributed by atoms with E-state index in [2.05, 4.69) is 29.0 Å². The summed E-state index contributed by atoms with van der Waals surface area (Å²) in [7, 11) is 0. The van der Waals surface area contributed by atoms with Gasteiger partial charge in [-0.15, -0.1) is 0 Å². The van der Waals surface area contributed by atoms with Gasteiger partial charge in [0.05, 0.1) is 25.1 Å². The van der Waals surface area contributed by atoms with E-state index in [9.17, 15) is 4.79 Å². The molecule has 0 unspecified atom stereocenters. The van der Waals surface area contributed by atoms with Crippen LogP contribution >= 0.6 is 0 Å². The van der Waals surface area contributed by atoms with E-state index in [0.717, 1.165) is 24.3 Å². The number of anilines is 1. The van der Waals surface area contributed by atoms with E-state index in [1.54, 1.807) is 12.5 Å². The number of ether oxygens (including phenoxy) is 1. The fourth-order valence-corrected chi connectivity index (χ4v) is 3.04. The molecule has 1 fully saturated rings. The molecule has 1 amide bonds. The normalized spacial score (nSPS) is 16.0. The van der Waals surface area contributed by atoms with Gasteiger partial charge in [0.15, 0.2) is 0 Å². The number of nitrogens with zero attached hydrogens (tertiary/aromatic N) is 3. The van der Waals surface area contributed by atoms with Crippen LogP contribution in [0.2, 0.25) is 0 Å². The van der Waals surface area contributed by atoms with Gasteiger partial charge in [-0.2, -0.15) is 0 Å². The van der Waals surface area contributed by atoms with Gasteiger partial charge >= 0.3 is 0 Å². The Hall–Kier alpha value is -2.34. The monoisotopic (exact) mass is 342 g/mol. The molecule has 0 saturated carbocycles. The predicted octanol–water partition coefficient (Wildman–Crippen LogP) is 2.17. The minimum absolute atomic E-state index is 0.0269. The maximum Gasteiger partial charge on any atom is 0.253 e. The van der Waals surface area contributed by atoms with Crippen molar-refractivity contribution in [3.05, 3.63) is 48.5 Å². The molecular formula is C19H26N4O2. The number of imidazole rings is 1. The van der Waals surface area contributed by atoms with E-state index in [4.69, 9.17) is 4.74 Å².